The molecule has 0 aliphatic carbocycles. The molecule has 0 aliphatic heterocycles. The van der Waals surface area contributed by atoms with Crippen molar-refractivity contribution in [3.05, 3.63) is 0 Å². The van der Waals surface area contributed by atoms with Crippen molar-refractivity contribution in [3.8, 4) is 0 Å². The number of hydrogen-bond donors (Lipinski definition) is 3. The van der Waals surface area contributed by atoms with Gasteiger partial charge in [0.2, 0.25) is 0 Å². The highest BCUT2D eigenvalue weighted by molar-refractivity contribution is 7.86. The number of rotatable bonds is 8. The normalized spacial score (nSPS) is 18.1. The van der Waals surface area contributed by atoms with Crippen LogP contribution in [-0.4, -0.2) is 29.1 Å². The highest BCUT2D eigenvalue weighted by Crippen LogP contribution is 2.19. The average molecular weight is 253 g/mol. The molecule has 2 atom stereocenters. The second-order valence-electron chi connectivity index (χ2n) is 4.31. The molecule has 0 aromatic heterocycles. The summed E-state index contributed by atoms with van der Waals surface area (Å²) in [7, 11) is -4.28. The van der Waals surface area contributed by atoms with Gasteiger partial charge >= 0.3 is 0 Å². The predicted octanol–water partition coefficient (Wildman–Crippen LogP) is 1.27. The summed E-state index contributed by atoms with van der Waals surface area (Å²) in [5.41, 5.74) is 3.63. The largest absolute Gasteiger partial charge is 0.375 e. The van der Waals surface area contributed by atoms with E-state index in [9.17, 15) is 13.5 Å². The molecular weight excluding hydrogens is 230 g/mol. The van der Waals surface area contributed by atoms with E-state index in [-0.39, 0.29) is 6.42 Å². The minimum Gasteiger partial charge on any atom is -0.375 e. The first kappa shape index (κ1) is 15.8. The Hall–Kier alpha value is -0.170. The topological polar surface area (TPSA) is 101 Å². The van der Waals surface area contributed by atoms with Crippen molar-refractivity contribution in [3.63, 3.8) is 0 Å². The van der Waals surface area contributed by atoms with Gasteiger partial charge in [0.25, 0.3) is 10.1 Å². The Kier molecular flexibility index (Phi) is 6.47. The van der Waals surface area contributed by atoms with Crippen LogP contribution < -0.4 is 5.73 Å². The van der Waals surface area contributed by atoms with Crippen LogP contribution in [0.1, 0.15) is 52.4 Å². The molecule has 2 unspecified atom stereocenters. The predicted molar refractivity (Wildman–Crippen MR) is 63.5 cm³/mol. The molecule has 0 aromatic carbocycles. The third kappa shape index (κ3) is 5.79. The van der Waals surface area contributed by atoms with Crippen LogP contribution in [0.5, 0.6) is 0 Å². The molecule has 0 fully saturated rings. The van der Waals surface area contributed by atoms with Gasteiger partial charge < -0.3 is 10.8 Å². The monoisotopic (exact) mass is 253 g/mol. The Morgan fingerprint density at radius 1 is 1.25 bits per heavy atom. The number of unbranched alkanes of at least 4 members (excludes halogenated alkanes) is 4. The van der Waals surface area contributed by atoms with Gasteiger partial charge in [-0.05, 0) is 19.8 Å². The second-order valence-corrected chi connectivity index (χ2v) is 6.05. The smallest absolute Gasteiger partial charge is 0.271 e. The molecule has 0 rings (SSSR count). The lowest BCUT2D eigenvalue weighted by Crippen LogP contribution is -2.52. The zero-order valence-electron chi connectivity index (χ0n) is 10.0. The summed E-state index contributed by atoms with van der Waals surface area (Å²) in [5, 5.41) is 8.36. The molecule has 16 heavy (non-hydrogen) atoms. The molecule has 6 heteroatoms. The third-order valence-corrected chi connectivity index (χ3v) is 4.13. The summed E-state index contributed by atoms with van der Waals surface area (Å²) in [6, 6.07) is 0. The van der Waals surface area contributed by atoms with Crippen LogP contribution in [0.2, 0.25) is 0 Å². The number of aliphatic hydroxyl groups is 1. The molecule has 0 saturated heterocycles. The Morgan fingerprint density at radius 2 is 1.75 bits per heavy atom. The summed E-state index contributed by atoms with van der Waals surface area (Å²) in [5.74, 6) is 0. The first-order valence-electron chi connectivity index (χ1n) is 5.69. The van der Waals surface area contributed by atoms with Gasteiger partial charge in [-0.15, -0.1) is 0 Å². The van der Waals surface area contributed by atoms with Crippen LogP contribution in [-0.2, 0) is 10.1 Å². The van der Waals surface area contributed by atoms with Crippen LogP contribution in [0.4, 0.5) is 0 Å². The van der Waals surface area contributed by atoms with Crippen LogP contribution in [0.3, 0.4) is 0 Å². The fraction of sp³-hybridized carbons (Fsp3) is 1.00. The van der Waals surface area contributed by atoms with Gasteiger partial charge in [0.15, 0.2) is 0 Å². The summed E-state index contributed by atoms with van der Waals surface area (Å²) in [4.78, 5) is 0. The Bertz CT molecular complexity index is 287. The first-order valence-corrected chi connectivity index (χ1v) is 7.19. The fourth-order valence-electron chi connectivity index (χ4n) is 1.47. The van der Waals surface area contributed by atoms with Crippen molar-refractivity contribution < 1.29 is 18.1 Å². The van der Waals surface area contributed by atoms with E-state index >= 15 is 0 Å². The number of hydrogen-bond acceptors (Lipinski definition) is 4. The van der Waals surface area contributed by atoms with Gasteiger partial charge in [-0.3, -0.25) is 4.55 Å². The van der Waals surface area contributed by atoms with Crippen LogP contribution in [0.25, 0.3) is 0 Å². The molecule has 0 aromatic rings. The highest BCUT2D eigenvalue weighted by Gasteiger charge is 2.37. The van der Waals surface area contributed by atoms with Gasteiger partial charge in [-0.1, -0.05) is 32.6 Å². The van der Waals surface area contributed by atoms with Gasteiger partial charge in [-0.2, -0.15) is 8.42 Å². The zero-order chi connectivity index (χ0) is 12.8. The quantitative estimate of drug-likeness (QED) is 0.343. The first-order chi connectivity index (χ1) is 7.22. The third-order valence-electron chi connectivity index (χ3n) is 2.83. The van der Waals surface area contributed by atoms with Crippen molar-refractivity contribution in [2.24, 2.45) is 5.73 Å². The van der Waals surface area contributed by atoms with E-state index in [1.54, 1.807) is 0 Å². The van der Waals surface area contributed by atoms with E-state index in [4.69, 9.17) is 10.3 Å². The van der Waals surface area contributed by atoms with Crippen molar-refractivity contribution in [1.29, 1.82) is 0 Å². The van der Waals surface area contributed by atoms with Crippen molar-refractivity contribution in [1.82, 2.24) is 0 Å². The van der Waals surface area contributed by atoms with E-state index in [0.717, 1.165) is 25.7 Å². The summed E-state index contributed by atoms with van der Waals surface area (Å²) < 4.78 is 30.5. The zero-order valence-corrected chi connectivity index (χ0v) is 10.8. The van der Waals surface area contributed by atoms with Crippen molar-refractivity contribution >= 4 is 10.1 Å². The lowest BCUT2D eigenvalue weighted by atomic mass is 10.0. The highest BCUT2D eigenvalue weighted by atomic mass is 32.2. The van der Waals surface area contributed by atoms with Gasteiger partial charge in [0, 0.05) is 0 Å². The van der Waals surface area contributed by atoms with E-state index in [1.165, 1.54) is 6.92 Å². The minimum absolute atomic E-state index is 0.178. The molecule has 0 amide bonds. The molecular formula is C10H23NO4S. The molecule has 5 nitrogen and oxygen atoms in total. The molecule has 0 aliphatic rings. The molecule has 0 spiro atoms. The summed E-state index contributed by atoms with van der Waals surface area (Å²) in [6.45, 7) is 3.31. The molecule has 98 valence electrons. The maximum Gasteiger partial charge on any atom is 0.271 e. The van der Waals surface area contributed by atoms with Gasteiger partial charge in [0.05, 0.1) is 0 Å². The Labute approximate surface area is 97.8 Å². The SMILES string of the molecule is CCCCCCCC(N)(O)C(C)S(=O)(=O)O. The lowest BCUT2D eigenvalue weighted by Gasteiger charge is -2.27. The van der Waals surface area contributed by atoms with Gasteiger partial charge in [0.1, 0.15) is 11.0 Å². The fourth-order valence-corrected chi connectivity index (χ4v) is 2.11. The minimum atomic E-state index is -4.28. The standard InChI is InChI=1S/C10H23NO4S/c1-3-4-5-6-7-8-10(11,12)9(2)16(13,14)15/h9,12H,3-8,11H2,1-2H3,(H,13,14,15). The van der Waals surface area contributed by atoms with Crippen LogP contribution in [0, 0.1) is 0 Å². The maximum absolute atomic E-state index is 10.8. The summed E-state index contributed by atoms with van der Waals surface area (Å²) >= 11 is 0. The maximum atomic E-state index is 10.8. The van der Waals surface area contributed by atoms with E-state index in [0.29, 0.717) is 6.42 Å². The van der Waals surface area contributed by atoms with E-state index in [2.05, 4.69) is 6.92 Å². The number of nitrogens with two attached hydrogens (primary N) is 1. The van der Waals surface area contributed by atoms with Crippen LogP contribution in [0.15, 0.2) is 0 Å². The lowest BCUT2D eigenvalue weighted by molar-refractivity contribution is 0.0328. The Morgan fingerprint density at radius 3 is 2.19 bits per heavy atom. The van der Waals surface area contributed by atoms with Gasteiger partial charge in [-0.25, -0.2) is 0 Å². The van der Waals surface area contributed by atoms with E-state index in [1.807, 2.05) is 0 Å². The second kappa shape index (κ2) is 6.54. The van der Waals surface area contributed by atoms with Crippen molar-refractivity contribution in [2.45, 2.75) is 63.3 Å². The molecule has 0 heterocycles. The molecule has 0 saturated carbocycles. The summed E-state index contributed by atoms with van der Waals surface area (Å²) in [6.07, 6.45) is 5.04. The molecule has 4 N–H and O–H groups in total. The molecule has 0 radical (unpaired) electrons. The van der Waals surface area contributed by atoms with E-state index < -0.39 is 21.1 Å². The van der Waals surface area contributed by atoms with Crippen molar-refractivity contribution in [2.75, 3.05) is 0 Å². The average Bonchev–Trinajstić information content (AvgIpc) is 2.15. The van der Waals surface area contributed by atoms with Crippen LogP contribution >= 0.6 is 0 Å². The Balaban J connectivity index is 4.05. The molecule has 0 bridgehead atoms.